The van der Waals surface area contributed by atoms with Crippen molar-refractivity contribution in [2.24, 2.45) is 0 Å². The van der Waals surface area contributed by atoms with Gasteiger partial charge in [0.2, 0.25) is 0 Å². The number of rotatable bonds is 2. The van der Waals surface area contributed by atoms with E-state index in [1.807, 2.05) is 0 Å². The Morgan fingerprint density at radius 1 is 1.09 bits per heavy atom. The van der Waals surface area contributed by atoms with Gasteiger partial charge < -0.3 is 19.7 Å². The molecule has 1 saturated heterocycles. The molecule has 2 aliphatic heterocycles. The van der Waals surface area contributed by atoms with Crippen molar-refractivity contribution in [3.8, 4) is 0 Å². The molecular weight excluding hydrogens is 291 g/mol. The minimum absolute atomic E-state index is 0.202. The van der Waals surface area contributed by atoms with Crippen LogP contribution in [0, 0.1) is 0 Å². The fraction of sp³-hybridized carbons (Fsp3) is 0.714. The van der Waals surface area contributed by atoms with Crippen molar-refractivity contribution >= 4 is 19.7 Å². The molecular formula is C14H22BO7. The number of hydrogen-bond acceptors (Lipinski definition) is 7. The first-order chi connectivity index (χ1) is 10.00. The van der Waals surface area contributed by atoms with Gasteiger partial charge in [-0.2, -0.15) is 0 Å². The van der Waals surface area contributed by atoms with Gasteiger partial charge in [-0.05, 0) is 40.2 Å². The second-order valence-corrected chi connectivity index (χ2v) is 6.04. The Kier molecular flexibility index (Phi) is 7.62. The van der Waals surface area contributed by atoms with Crippen LogP contribution in [0.4, 0.5) is 0 Å². The van der Waals surface area contributed by atoms with E-state index in [-0.39, 0.29) is 18.0 Å². The van der Waals surface area contributed by atoms with E-state index in [0.29, 0.717) is 12.8 Å². The number of ether oxygens (including phenoxy) is 2. The first kappa shape index (κ1) is 20.5. The molecule has 8 heteroatoms. The number of carbonyl (C=O) groups is 2. The number of carbonyl (C=O) groups excluding carboxylic acids is 2. The third-order valence-corrected chi connectivity index (χ3v) is 3.02. The van der Waals surface area contributed by atoms with Gasteiger partial charge in [-0.25, -0.2) is 4.79 Å². The predicted molar refractivity (Wildman–Crippen MR) is 77.2 cm³/mol. The van der Waals surface area contributed by atoms with E-state index < -0.39 is 17.3 Å². The quantitative estimate of drug-likeness (QED) is 0.553. The normalized spacial score (nSPS) is 23.7. The molecule has 2 rings (SSSR count). The van der Waals surface area contributed by atoms with Crippen LogP contribution in [-0.4, -0.2) is 53.3 Å². The molecule has 1 radical (unpaired) electrons. The first-order valence-electron chi connectivity index (χ1n) is 6.77. The molecule has 123 valence electrons. The monoisotopic (exact) mass is 313 g/mol. The average molecular weight is 313 g/mol. The zero-order valence-corrected chi connectivity index (χ0v) is 13.2. The topological polar surface area (TPSA) is 110 Å². The molecule has 0 bridgehead atoms. The maximum absolute atomic E-state index is 10.6. The molecule has 0 amide bonds. The van der Waals surface area contributed by atoms with Crippen LogP contribution in [0.25, 0.3) is 0 Å². The summed E-state index contributed by atoms with van der Waals surface area (Å²) in [4.78, 5) is 21.0. The molecule has 0 saturated carbocycles. The standard InChI is InChI=1S/C7H12O3.C7H10O3.BO/c2*1-7(2,9)5-3-4-6(8)10-5;1-2/h5,9H,3-4H2,1-2H3;3-5,9H,1-2H3;/t2*5-;/m00./s1. The van der Waals surface area contributed by atoms with Gasteiger partial charge >= 0.3 is 24.4 Å². The molecule has 2 atom stereocenters. The van der Waals surface area contributed by atoms with Gasteiger partial charge in [0, 0.05) is 12.5 Å². The third-order valence-electron chi connectivity index (χ3n) is 3.02. The van der Waals surface area contributed by atoms with Gasteiger partial charge in [0.15, 0.2) is 0 Å². The van der Waals surface area contributed by atoms with Crippen LogP contribution in [0.3, 0.4) is 0 Å². The van der Waals surface area contributed by atoms with Gasteiger partial charge in [0.25, 0.3) is 0 Å². The molecule has 0 aromatic carbocycles. The minimum atomic E-state index is -0.970. The molecule has 0 spiro atoms. The second-order valence-electron chi connectivity index (χ2n) is 6.04. The fourth-order valence-corrected chi connectivity index (χ4v) is 1.77. The van der Waals surface area contributed by atoms with Crippen molar-refractivity contribution in [3.05, 3.63) is 12.2 Å². The van der Waals surface area contributed by atoms with E-state index in [9.17, 15) is 19.8 Å². The van der Waals surface area contributed by atoms with E-state index in [2.05, 4.69) is 7.72 Å². The van der Waals surface area contributed by atoms with E-state index >= 15 is 0 Å². The SMILES string of the molecule is CC(C)(O)[C@@H]1C=CC(=O)O1.CC(C)(O)[C@@H]1CCC(=O)O1.[B]=O. The van der Waals surface area contributed by atoms with Gasteiger partial charge in [-0.15, -0.1) is 0 Å². The van der Waals surface area contributed by atoms with Crippen molar-refractivity contribution < 1.29 is 34.0 Å². The van der Waals surface area contributed by atoms with Crippen molar-refractivity contribution in [3.63, 3.8) is 0 Å². The number of aliphatic hydroxyl groups is 2. The van der Waals surface area contributed by atoms with E-state index in [1.165, 1.54) is 6.08 Å². The number of esters is 2. The van der Waals surface area contributed by atoms with E-state index in [1.54, 1.807) is 33.8 Å². The van der Waals surface area contributed by atoms with Crippen molar-refractivity contribution in [1.82, 2.24) is 0 Å². The Labute approximate surface area is 130 Å². The molecule has 0 unspecified atom stereocenters. The van der Waals surface area contributed by atoms with Gasteiger partial charge in [0.1, 0.15) is 12.2 Å². The number of hydrogen-bond donors (Lipinski definition) is 2. The van der Waals surface area contributed by atoms with Crippen LogP contribution in [0.5, 0.6) is 0 Å². The molecule has 2 aliphatic rings. The summed E-state index contributed by atoms with van der Waals surface area (Å²) in [7, 11) is 3.25. The Bertz CT molecular complexity index is 420. The molecule has 22 heavy (non-hydrogen) atoms. The summed E-state index contributed by atoms with van der Waals surface area (Å²) < 4.78 is 17.3. The predicted octanol–water partition coefficient (Wildman–Crippen LogP) is 0.202. The molecule has 2 N–H and O–H groups in total. The van der Waals surface area contributed by atoms with Crippen LogP contribution in [0.15, 0.2) is 12.2 Å². The third kappa shape index (κ3) is 6.95. The summed E-state index contributed by atoms with van der Waals surface area (Å²) in [5.74, 6) is -0.584. The summed E-state index contributed by atoms with van der Waals surface area (Å²) in [6, 6.07) is 0. The van der Waals surface area contributed by atoms with Crippen LogP contribution in [-0.2, 0) is 23.8 Å². The first-order valence-corrected chi connectivity index (χ1v) is 6.77. The Morgan fingerprint density at radius 2 is 1.64 bits per heavy atom. The van der Waals surface area contributed by atoms with Crippen molar-refractivity contribution in [2.45, 2.75) is 63.9 Å². The fourth-order valence-electron chi connectivity index (χ4n) is 1.77. The van der Waals surface area contributed by atoms with Gasteiger partial charge in [-0.3, -0.25) is 4.79 Å². The summed E-state index contributed by atoms with van der Waals surface area (Å²) in [5, 5.41) is 18.7. The van der Waals surface area contributed by atoms with Gasteiger partial charge in [-0.1, -0.05) is 0 Å². The molecule has 0 aromatic heterocycles. The average Bonchev–Trinajstić information content (AvgIpc) is 3.00. The molecule has 2 heterocycles. The van der Waals surface area contributed by atoms with Crippen molar-refractivity contribution in [1.29, 1.82) is 0 Å². The van der Waals surface area contributed by atoms with Crippen molar-refractivity contribution in [2.75, 3.05) is 0 Å². The second kappa shape index (κ2) is 8.19. The molecule has 1 fully saturated rings. The zero-order chi connectivity index (χ0) is 17.6. The molecule has 0 aromatic rings. The summed E-state index contributed by atoms with van der Waals surface area (Å²) in [6.07, 6.45) is 3.17. The summed E-state index contributed by atoms with van der Waals surface area (Å²) >= 11 is 0. The maximum atomic E-state index is 10.6. The van der Waals surface area contributed by atoms with Crippen LogP contribution in [0.1, 0.15) is 40.5 Å². The zero-order valence-electron chi connectivity index (χ0n) is 13.2. The Hall–Kier alpha value is -1.54. The summed E-state index contributed by atoms with van der Waals surface area (Å²) in [6.45, 7) is 6.49. The van der Waals surface area contributed by atoms with E-state index in [0.717, 1.165) is 0 Å². The number of cyclic esters (lactones) is 2. The van der Waals surface area contributed by atoms with Crippen LogP contribution < -0.4 is 0 Å². The molecule has 7 nitrogen and oxygen atoms in total. The van der Waals surface area contributed by atoms with Crippen LogP contribution in [0.2, 0.25) is 0 Å². The summed E-state index contributed by atoms with van der Waals surface area (Å²) in [5.41, 5.74) is -1.85. The van der Waals surface area contributed by atoms with Gasteiger partial charge in [0.05, 0.1) is 11.2 Å². The van der Waals surface area contributed by atoms with E-state index in [4.69, 9.17) is 14.2 Å². The Balaban J connectivity index is 0.000000360. The van der Waals surface area contributed by atoms with Crippen LogP contribution >= 0.6 is 0 Å². The molecule has 0 aliphatic carbocycles. The Morgan fingerprint density at radius 3 is 1.82 bits per heavy atom.